The van der Waals surface area contributed by atoms with Crippen molar-refractivity contribution in [2.45, 2.75) is 89.4 Å². The molecule has 0 spiro atoms. The Morgan fingerprint density at radius 3 is 2.55 bits per heavy atom. The van der Waals surface area contributed by atoms with Gasteiger partial charge < -0.3 is 25.0 Å². The summed E-state index contributed by atoms with van der Waals surface area (Å²) >= 11 is 6.59. The number of halogens is 1. The van der Waals surface area contributed by atoms with E-state index >= 15 is 0 Å². The maximum Gasteiger partial charge on any atom is 0.320 e. The highest BCUT2D eigenvalue weighted by molar-refractivity contribution is 6.32. The van der Waals surface area contributed by atoms with Crippen molar-refractivity contribution in [2.24, 2.45) is 0 Å². The molecular formula is C40H48ClN9O3. The van der Waals surface area contributed by atoms with E-state index in [4.69, 9.17) is 26.2 Å². The number of aromatic nitrogens is 5. The molecule has 0 bridgehead atoms. The van der Waals surface area contributed by atoms with Gasteiger partial charge in [-0.05, 0) is 86.9 Å². The maximum absolute atomic E-state index is 13.8. The minimum absolute atomic E-state index is 0.0426. The number of urea groups is 1. The largest absolute Gasteiger partial charge is 0.487 e. The first-order valence-corrected chi connectivity index (χ1v) is 19.3. The molecule has 1 unspecified atom stereocenters. The zero-order valence-electron chi connectivity index (χ0n) is 30.6. The summed E-state index contributed by atoms with van der Waals surface area (Å²) in [6.07, 6.45) is 8.92. The molecule has 1 aliphatic carbocycles. The molecule has 3 aliphatic rings. The van der Waals surface area contributed by atoms with Crippen LogP contribution in [0.4, 0.5) is 16.6 Å². The number of pyridine rings is 1. The van der Waals surface area contributed by atoms with Crippen molar-refractivity contribution in [3.63, 3.8) is 0 Å². The number of rotatable bonds is 8. The van der Waals surface area contributed by atoms with E-state index in [9.17, 15) is 4.79 Å². The molecule has 13 heteroatoms. The summed E-state index contributed by atoms with van der Waals surface area (Å²) in [4.78, 5) is 16.1. The van der Waals surface area contributed by atoms with Gasteiger partial charge in [0.1, 0.15) is 29.5 Å². The first kappa shape index (κ1) is 35.2. The molecule has 5 heterocycles. The van der Waals surface area contributed by atoms with Crippen LogP contribution in [0, 0.1) is 0 Å². The molecule has 0 radical (unpaired) electrons. The van der Waals surface area contributed by atoms with Gasteiger partial charge in [-0.2, -0.15) is 5.10 Å². The highest BCUT2D eigenvalue weighted by Gasteiger charge is 2.31. The molecule has 5 aromatic rings. The Labute approximate surface area is 315 Å². The van der Waals surface area contributed by atoms with Gasteiger partial charge in [0, 0.05) is 37.2 Å². The van der Waals surface area contributed by atoms with Gasteiger partial charge in [-0.25, -0.2) is 9.48 Å². The molecule has 8 rings (SSSR count). The normalized spacial score (nSPS) is 20.5. The van der Waals surface area contributed by atoms with E-state index in [1.54, 1.807) is 4.68 Å². The lowest BCUT2D eigenvalue weighted by molar-refractivity contribution is 0.167. The Kier molecular flexibility index (Phi) is 9.91. The van der Waals surface area contributed by atoms with Gasteiger partial charge in [0.25, 0.3) is 0 Å². The van der Waals surface area contributed by atoms with Crippen molar-refractivity contribution in [3.05, 3.63) is 88.7 Å². The summed E-state index contributed by atoms with van der Waals surface area (Å²) in [6, 6.07) is 19.2. The second-order valence-electron chi connectivity index (χ2n) is 15.4. The molecular weight excluding hydrogens is 690 g/mol. The van der Waals surface area contributed by atoms with Crippen molar-refractivity contribution < 1.29 is 14.3 Å². The minimum atomic E-state index is -0.312. The summed E-state index contributed by atoms with van der Waals surface area (Å²) in [5, 5.41) is 24.1. The lowest BCUT2D eigenvalue weighted by atomic mass is 9.85. The van der Waals surface area contributed by atoms with Gasteiger partial charge in [0.2, 0.25) is 5.95 Å². The SMILES string of the molecule is CC(C)(C)c1cc(NC(=O)N[C@H]2CC[C@@H](Oc3ccc4nnc(N5CCCCC5)n4c3)c3ccccc32)n(-c2ccc(Cl)c(OC3CCCNC3)c2)n1. The predicted octanol–water partition coefficient (Wildman–Crippen LogP) is 7.76. The zero-order chi connectivity index (χ0) is 36.5. The van der Waals surface area contributed by atoms with E-state index in [0.29, 0.717) is 23.0 Å². The third-order valence-corrected chi connectivity index (χ3v) is 10.8. The van der Waals surface area contributed by atoms with Crippen LogP contribution in [0.5, 0.6) is 11.5 Å². The average molecular weight is 738 g/mol. The highest BCUT2D eigenvalue weighted by Crippen LogP contribution is 2.39. The first-order chi connectivity index (χ1) is 25.7. The third kappa shape index (κ3) is 7.66. The van der Waals surface area contributed by atoms with Crippen LogP contribution in [0.15, 0.2) is 66.9 Å². The van der Waals surface area contributed by atoms with Gasteiger partial charge in [0.05, 0.1) is 28.6 Å². The molecule has 2 saturated heterocycles. The van der Waals surface area contributed by atoms with E-state index in [1.165, 1.54) is 6.42 Å². The summed E-state index contributed by atoms with van der Waals surface area (Å²) in [5.41, 5.74) is 4.25. The molecule has 2 amide bonds. The average Bonchev–Trinajstić information content (AvgIpc) is 3.79. The Hall–Kier alpha value is -4.81. The van der Waals surface area contributed by atoms with Crippen LogP contribution in [-0.4, -0.2) is 62.7 Å². The van der Waals surface area contributed by atoms with Gasteiger partial charge in [0.15, 0.2) is 5.65 Å². The van der Waals surface area contributed by atoms with Crippen LogP contribution in [0.3, 0.4) is 0 Å². The van der Waals surface area contributed by atoms with Crippen LogP contribution in [0.25, 0.3) is 11.3 Å². The molecule has 278 valence electrons. The van der Waals surface area contributed by atoms with Gasteiger partial charge >= 0.3 is 6.03 Å². The van der Waals surface area contributed by atoms with Crippen LogP contribution < -0.4 is 30.3 Å². The number of piperidine rings is 2. The smallest absolute Gasteiger partial charge is 0.320 e. The minimum Gasteiger partial charge on any atom is -0.487 e. The fraction of sp³-hybridized carbons (Fsp3) is 0.450. The van der Waals surface area contributed by atoms with Crippen LogP contribution in [-0.2, 0) is 5.41 Å². The van der Waals surface area contributed by atoms with E-state index in [-0.39, 0.29) is 29.7 Å². The van der Waals surface area contributed by atoms with Gasteiger partial charge in [-0.15, -0.1) is 10.2 Å². The van der Waals surface area contributed by atoms with Crippen LogP contribution in [0.2, 0.25) is 5.02 Å². The molecule has 2 aliphatic heterocycles. The fourth-order valence-corrected chi connectivity index (χ4v) is 7.75. The molecule has 2 fully saturated rings. The number of nitrogens with one attached hydrogen (secondary N) is 3. The van der Waals surface area contributed by atoms with E-state index in [1.807, 2.05) is 59.1 Å². The number of hydrogen-bond acceptors (Lipinski definition) is 8. The zero-order valence-corrected chi connectivity index (χ0v) is 31.4. The van der Waals surface area contributed by atoms with Crippen molar-refractivity contribution in [1.29, 1.82) is 0 Å². The molecule has 3 aromatic heterocycles. The first-order valence-electron chi connectivity index (χ1n) is 18.9. The summed E-state index contributed by atoms with van der Waals surface area (Å²) < 4.78 is 16.8. The number of nitrogens with zero attached hydrogens (tertiary/aromatic N) is 6. The van der Waals surface area contributed by atoms with Gasteiger partial charge in [-0.3, -0.25) is 9.72 Å². The lowest BCUT2D eigenvalue weighted by Gasteiger charge is -2.32. The predicted molar refractivity (Wildman–Crippen MR) is 207 cm³/mol. The molecule has 2 aromatic carbocycles. The standard InChI is InChI=1S/C40H48ClN9O3/c1-40(2,3)35-23-37(50(47-35)26-13-15-31(41)34(22-26)52-27-10-9-19-42-24-27)44-38(51)43-32-16-17-33(30-12-6-5-11-29(30)32)53-28-14-18-36-45-46-39(49(36)25-28)48-20-7-4-8-21-48/h5-6,11-15,18,22-23,25,27,32-33,42H,4,7-10,16-17,19-21,24H2,1-3H3,(H2,43,44,51)/t27?,32-,33+/m0/s1. The number of fused-ring (bicyclic) bond motifs is 2. The van der Waals surface area contributed by atoms with Crippen molar-refractivity contribution in [2.75, 3.05) is 36.4 Å². The second kappa shape index (κ2) is 14.9. The monoisotopic (exact) mass is 737 g/mol. The maximum atomic E-state index is 13.8. The number of amides is 2. The van der Waals surface area contributed by atoms with Crippen LogP contribution >= 0.6 is 11.6 Å². The van der Waals surface area contributed by atoms with Crippen LogP contribution in [0.1, 0.15) is 94.7 Å². The summed E-state index contributed by atoms with van der Waals surface area (Å²) in [6.45, 7) is 10.1. The second-order valence-corrected chi connectivity index (χ2v) is 15.8. The van der Waals surface area contributed by atoms with E-state index in [0.717, 1.165) is 98.1 Å². The number of hydrogen-bond donors (Lipinski definition) is 3. The highest BCUT2D eigenvalue weighted by atomic mass is 35.5. The van der Waals surface area contributed by atoms with Crippen molar-refractivity contribution in [1.82, 2.24) is 35.0 Å². The van der Waals surface area contributed by atoms with E-state index < -0.39 is 0 Å². The summed E-state index contributed by atoms with van der Waals surface area (Å²) in [7, 11) is 0. The lowest BCUT2D eigenvalue weighted by Crippen LogP contribution is -2.37. The quantitative estimate of drug-likeness (QED) is 0.148. The molecule has 3 N–H and O–H groups in total. The molecule has 3 atom stereocenters. The van der Waals surface area contributed by atoms with E-state index in [2.05, 4.69) is 64.0 Å². The number of ether oxygens (including phenoxy) is 2. The Morgan fingerprint density at radius 2 is 1.75 bits per heavy atom. The number of benzene rings is 2. The fourth-order valence-electron chi connectivity index (χ4n) is 7.58. The Bertz CT molecular complexity index is 2080. The third-order valence-electron chi connectivity index (χ3n) is 10.4. The Morgan fingerprint density at radius 1 is 0.925 bits per heavy atom. The molecule has 0 saturated carbocycles. The summed E-state index contributed by atoms with van der Waals surface area (Å²) in [5.74, 6) is 2.77. The number of carbonyl (C=O) groups excluding carboxylic acids is 1. The Balaban J connectivity index is 0.993. The molecule has 12 nitrogen and oxygen atoms in total. The molecule has 53 heavy (non-hydrogen) atoms. The van der Waals surface area contributed by atoms with Gasteiger partial charge in [-0.1, -0.05) is 56.6 Å². The topological polar surface area (TPSA) is 123 Å². The number of carbonyl (C=O) groups is 1. The van der Waals surface area contributed by atoms with Crippen molar-refractivity contribution in [3.8, 4) is 17.2 Å². The van der Waals surface area contributed by atoms with Crippen molar-refractivity contribution >= 4 is 35.0 Å². The number of anilines is 2.